The highest BCUT2D eigenvalue weighted by Gasteiger charge is 2.34. The van der Waals surface area contributed by atoms with Gasteiger partial charge in [-0.05, 0) is 42.0 Å². The van der Waals surface area contributed by atoms with Gasteiger partial charge in [-0.1, -0.05) is 17.7 Å². The number of anilines is 2. The van der Waals surface area contributed by atoms with Crippen LogP contribution in [0.1, 0.15) is 21.7 Å². The molecule has 0 unspecified atom stereocenters. The first-order chi connectivity index (χ1) is 13.7. The Hall–Kier alpha value is -3.33. The summed E-state index contributed by atoms with van der Waals surface area (Å²) in [5, 5.41) is 4.79. The van der Waals surface area contributed by atoms with Crippen molar-refractivity contribution in [3.63, 3.8) is 0 Å². The van der Waals surface area contributed by atoms with E-state index in [1.54, 1.807) is 6.07 Å². The number of nitrogens with zero attached hydrogens (tertiary/aromatic N) is 1. The molecule has 3 aromatic rings. The predicted octanol–water partition coefficient (Wildman–Crippen LogP) is 4.78. The third-order valence-electron chi connectivity index (χ3n) is 3.76. The van der Waals surface area contributed by atoms with Gasteiger partial charge in [0.05, 0.1) is 23.9 Å². The van der Waals surface area contributed by atoms with Crippen LogP contribution < -0.4 is 10.6 Å². The van der Waals surface area contributed by atoms with Gasteiger partial charge in [0.2, 0.25) is 5.91 Å². The van der Waals surface area contributed by atoms with Gasteiger partial charge in [-0.25, -0.2) is 4.98 Å². The molecule has 6 nitrogen and oxygen atoms in total. The van der Waals surface area contributed by atoms with Gasteiger partial charge in [0, 0.05) is 11.9 Å². The van der Waals surface area contributed by atoms with Crippen molar-refractivity contribution in [1.82, 2.24) is 4.98 Å². The maximum Gasteiger partial charge on any atom is 0.418 e. The lowest BCUT2D eigenvalue weighted by atomic mass is 10.1. The minimum Gasteiger partial charge on any atom is -0.459 e. The van der Waals surface area contributed by atoms with Gasteiger partial charge in [-0.3, -0.25) is 9.59 Å². The van der Waals surface area contributed by atoms with E-state index in [1.807, 2.05) is 0 Å². The van der Waals surface area contributed by atoms with E-state index in [9.17, 15) is 22.8 Å². The molecule has 1 aromatic carbocycles. The van der Waals surface area contributed by atoms with Crippen molar-refractivity contribution in [1.29, 1.82) is 0 Å². The van der Waals surface area contributed by atoms with Crippen molar-refractivity contribution in [2.45, 2.75) is 12.6 Å². The third-order valence-corrected chi connectivity index (χ3v) is 3.98. The molecular weight excluding hydrogens is 411 g/mol. The molecule has 2 amide bonds. The minimum atomic E-state index is -4.75. The Kier molecular flexibility index (Phi) is 5.88. The lowest BCUT2D eigenvalue weighted by molar-refractivity contribution is -0.136. The molecule has 0 aliphatic carbocycles. The van der Waals surface area contributed by atoms with Gasteiger partial charge in [0.1, 0.15) is 5.15 Å². The average Bonchev–Trinajstić information content (AvgIpc) is 3.19. The summed E-state index contributed by atoms with van der Waals surface area (Å²) in [7, 11) is 0. The van der Waals surface area contributed by atoms with Crippen LogP contribution in [0.5, 0.6) is 0 Å². The number of halogens is 4. The van der Waals surface area contributed by atoms with E-state index in [1.165, 1.54) is 36.7 Å². The van der Waals surface area contributed by atoms with Crippen molar-refractivity contribution in [2.24, 2.45) is 0 Å². The van der Waals surface area contributed by atoms with Crippen LogP contribution in [0, 0.1) is 0 Å². The van der Waals surface area contributed by atoms with Crippen LogP contribution in [0.3, 0.4) is 0 Å². The zero-order chi connectivity index (χ0) is 21.0. The summed E-state index contributed by atoms with van der Waals surface area (Å²) in [6.07, 6.45) is -2.31. The zero-order valence-electron chi connectivity index (χ0n) is 14.6. The molecule has 150 valence electrons. The lowest BCUT2D eigenvalue weighted by Gasteiger charge is -2.15. The first-order valence-corrected chi connectivity index (χ1v) is 8.56. The van der Waals surface area contributed by atoms with Gasteiger partial charge in [-0.15, -0.1) is 0 Å². The van der Waals surface area contributed by atoms with E-state index in [0.29, 0.717) is 5.56 Å². The molecule has 0 saturated heterocycles. The Balaban J connectivity index is 1.78. The van der Waals surface area contributed by atoms with Crippen LogP contribution in [0.2, 0.25) is 5.15 Å². The number of furan rings is 1. The normalized spacial score (nSPS) is 11.2. The fourth-order valence-electron chi connectivity index (χ4n) is 2.46. The third kappa shape index (κ3) is 5.35. The fourth-order valence-corrected chi connectivity index (χ4v) is 2.57. The number of carbonyl (C=O) groups excluding carboxylic acids is 2. The molecule has 2 aromatic heterocycles. The molecule has 0 aliphatic rings. The molecule has 0 saturated carbocycles. The molecule has 0 radical (unpaired) electrons. The van der Waals surface area contributed by atoms with Crippen LogP contribution in [-0.2, 0) is 17.4 Å². The number of benzene rings is 1. The lowest BCUT2D eigenvalue weighted by Crippen LogP contribution is -2.19. The van der Waals surface area contributed by atoms with Crippen molar-refractivity contribution >= 4 is 34.8 Å². The molecular formula is C19H13ClF3N3O3. The van der Waals surface area contributed by atoms with E-state index in [2.05, 4.69) is 15.6 Å². The molecule has 0 spiro atoms. The van der Waals surface area contributed by atoms with Crippen LogP contribution in [0.25, 0.3) is 0 Å². The second-order valence-electron chi connectivity index (χ2n) is 5.90. The summed E-state index contributed by atoms with van der Waals surface area (Å²) < 4.78 is 45.3. The highest BCUT2D eigenvalue weighted by Crippen LogP contribution is 2.36. The maximum atomic E-state index is 13.5. The summed E-state index contributed by atoms with van der Waals surface area (Å²) in [4.78, 5) is 27.9. The van der Waals surface area contributed by atoms with E-state index < -0.39 is 29.2 Å². The topological polar surface area (TPSA) is 84.2 Å². The smallest absolute Gasteiger partial charge is 0.418 e. The highest BCUT2D eigenvalue weighted by molar-refractivity contribution is 6.29. The first-order valence-electron chi connectivity index (χ1n) is 8.19. The Bertz CT molecular complexity index is 1020. The Morgan fingerprint density at radius 1 is 1.10 bits per heavy atom. The fraction of sp³-hybridized carbons (Fsp3) is 0.105. The zero-order valence-corrected chi connectivity index (χ0v) is 15.3. The molecule has 0 atom stereocenters. The number of hydrogen-bond acceptors (Lipinski definition) is 4. The van der Waals surface area contributed by atoms with E-state index in [4.69, 9.17) is 16.0 Å². The van der Waals surface area contributed by atoms with Crippen LogP contribution >= 0.6 is 11.6 Å². The van der Waals surface area contributed by atoms with E-state index in [0.717, 1.165) is 12.1 Å². The van der Waals surface area contributed by atoms with Crippen LogP contribution in [-0.4, -0.2) is 16.8 Å². The Labute approximate surface area is 167 Å². The SMILES string of the molecule is O=C(Cc1ccc(Cl)nc1)Nc1ccc(NC(=O)c2ccco2)cc1C(F)(F)F. The van der Waals surface area contributed by atoms with Crippen molar-refractivity contribution in [2.75, 3.05) is 10.6 Å². The van der Waals surface area contributed by atoms with Crippen molar-refractivity contribution in [3.8, 4) is 0 Å². The quantitative estimate of drug-likeness (QED) is 0.578. The van der Waals surface area contributed by atoms with Crippen molar-refractivity contribution < 1.29 is 27.2 Å². The van der Waals surface area contributed by atoms with Gasteiger partial charge < -0.3 is 15.1 Å². The molecule has 10 heteroatoms. The second kappa shape index (κ2) is 8.36. The number of amides is 2. The Morgan fingerprint density at radius 2 is 1.90 bits per heavy atom. The average molecular weight is 424 g/mol. The number of hydrogen-bond donors (Lipinski definition) is 2. The van der Waals surface area contributed by atoms with Gasteiger partial charge in [0.15, 0.2) is 5.76 Å². The largest absolute Gasteiger partial charge is 0.459 e. The molecule has 3 rings (SSSR count). The number of pyridine rings is 1. The highest BCUT2D eigenvalue weighted by atomic mass is 35.5. The monoisotopic (exact) mass is 423 g/mol. The number of carbonyl (C=O) groups is 2. The number of rotatable bonds is 5. The molecule has 0 bridgehead atoms. The molecule has 29 heavy (non-hydrogen) atoms. The van der Waals surface area contributed by atoms with Gasteiger partial charge >= 0.3 is 6.18 Å². The van der Waals surface area contributed by atoms with Crippen molar-refractivity contribution in [3.05, 3.63) is 77.0 Å². The standard InChI is InChI=1S/C19H13ClF3N3O3/c20-16-6-3-11(10-24-16)8-17(27)26-14-5-4-12(9-13(14)19(21,22)23)25-18(28)15-2-1-7-29-15/h1-7,9-10H,8H2,(H,25,28)(H,26,27). The van der Waals surface area contributed by atoms with E-state index in [-0.39, 0.29) is 23.0 Å². The summed E-state index contributed by atoms with van der Waals surface area (Å²) >= 11 is 5.66. The first kappa shape index (κ1) is 20.4. The number of nitrogens with one attached hydrogen (secondary N) is 2. The van der Waals surface area contributed by atoms with Gasteiger partial charge in [-0.2, -0.15) is 13.2 Å². The van der Waals surface area contributed by atoms with Crippen LogP contribution in [0.4, 0.5) is 24.5 Å². The van der Waals surface area contributed by atoms with Crippen LogP contribution in [0.15, 0.2) is 59.3 Å². The molecule has 2 N–H and O–H groups in total. The molecule has 0 aliphatic heterocycles. The maximum absolute atomic E-state index is 13.5. The summed E-state index contributed by atoms with van der Waals surface area (Å²) in [5.74, 6) is -1.41. The minimum absolute atomic E-state index is 0.0486. The van der Waals surface area contributed by atoms with E-state index >= 15 is 0 Å². The Morgan fingerprint density at radius 3 is 2.52 bits per heavy atom. The second-order valence-corrected chi connectivity index (χ2v) is 6.29. The summed E-state index contributed by atoms with van der Waals surface area (Å²) in [6, 6.07) is 8.92. The molecule has 2 heterocycles. The predicted molar refractivity (Wildman–Crippen MR) is 99.7 cm³/mol. The summed E-state index contributed by atoms with van der Waals surface area (Å²) in [5.41, 5.74) is -1.14. The molecule has 0 fully saturated rings. The summed E-state index contributed by atoms with van der Waals surface area (Å²) in [6.45, 7) is 0. The number of alkyl halides is 3. The van der Waals surface area contributed by atoms with Gasteiger partial charge in [0.25, 0.3) is 5.91 Å². The number of aromatic nitrogens is 1.